The number of urea groups is 1. The first kappa shape index (κ1) is 35.5. The van der Waals surface area contributed by atoms with Crippen LogP contribution in [0, 0.1) is 10.8 Å². The molecule has 5 rings (SSSR count). The van der Waals surface area contributed by atoms with Crippen molar-refractivity contribution >= 4 is 35.9 Å². The summed E-state index contributed by atoms with van der Waals surface area (Å²) in [5, 5.41) is 25.9. The largest absolute Gasteiger partial charge is 0.494 e. The van der Waals surface area contributed by atoms with Gasteiger partial charge in [0.1, 0.15) is 23.2 Å². The Kier molecular flexibility index (Phi) is 11.0. The fraction of sp³-hybridized carbons (Fsp3) is 0.429. The first-order valence-electron chi connectivity index (χ1n) is 15.7. The molecule has 2 aromatic carbocycles. The number of halogens is 1. The molecular weight excluding hydrogens is 618 g/mol. The molecule has 47 heavy (non-hydrogen) atoms. The van der Waals surface area contributed by atoms with Gasteiger partial charge in [-0.05, 0) is 85.6 Å². The maximum Gasteiger partial charge on any atom is 0.319 e. The molecule has 2 heterocycles. The molecule has 1 saturated heterocycles. The van der Waals surface area contributed by atoms with Gasteiger partial charge in [0.2, 0.25) is 0 Å². The van der Waals surface area contributed by atoms with E-state index in [-0.39, 0.29) is 47.4 Å². The first-order valence-corrected chi connectivity index (χ1v) is 15.7. The van der Waals surface area contributed by atoms with E-state index in [2.05, 4.69) is 20.9 Å². The van der Waals surface area contributed by atoms with Gasteiger partial charge in [0.25, 0.3) is 5.91 Å². The summed E-state index contributed by atoms with van der Waals surface area (Å²) in [6.07, 6.45) is 4.70. The number of likely N-dealkylation sites (tertiary alicyclic amines) is 1. The van der Waals surface area contributed by atoms with Crippen molar-refractivity contribution in [1.29, 1.82) is 10.8 Å². The van der Waals surface area contributed by atoms with Gasteiger partial charge >= 0.3 is 6.03 Å². The average Bonchev–Trinajstić information content (AvgIpc) is 3.47. The van der Waals surface area contributed by atoms with Crippen molar-refractivity contribution in [3.63, 3.8) is 0 Å². The Balaban J connectivity index is 0.00000500. The minimum atomic E-state index is -0.408. The number of fused-ring (bicyclic) bond motifs is 1. The van der Waals surface area contributed by atoms with Gasteiger partial charge in [0.05, 0.1) is 36.6 Å². The Hall–Kier alpha value is -4.35. The summed E-state index contributed by atoms with van der Waals surface area (Å²) in [7, 11) is 5.06. The van der Waals surface area contributed by atoms with E-state index in [1.165, 1.54) is 7.11 Å². The van der Waals surface area contributed by atoms with Gasteiger partial charge in [0.15, 0.2) is 5.75 Å². The number of methoxy groups -OCH3 is 1. The molecule has 0 spiro atoms. The molecule has 1 aromatic heterocycles. The van der Waals surface area contributed by atoms with Crippen LogP contribution in [0.4, 0.5) is 10.5 Å². The number of rotatable bonds is 7. The molecule has 0 bridgehead atoms. The van der Waals surface area contributed by atoms with Crippen LogP contribution in [0.25, 0.3) is 0 Å². The van der Waals surface area contributed by atoms with Crippen molar-refractivity contribution in [2.24, 2.45) is 0 Å². The monoisotopic (exact) mass is 663 g/mol. The molecule has 2 aliphatic rings. The van der Waals surface area contributed by atoms with Crippen LogP contribution in [0.5, 0.6) is 11.5 Å². The predicted molar refractivity (Wildman–Crippen MR) is 185 cm³/mol. The lowest BCUT2D eigenvalue weighted by molar-refractivity contribution is 0.0960. The van der Waals surface area contributed by atoms with Crippen LogP contribution in [0.3, 0.4) is 0 Å². The number of benzene rings is 2. The highest BCUT2D eigenvalue weighted by atomic mass is 35.5. The number of ether oxygens (including phenoxy) is 2. The van der Waals surface area contributed by atoms with E-state index in [4.69, 9.17) is 20.3 Å². The van der Waals surface area contributed by atoms with Gasteiger partial charge in [0, 0.05) is 7.05 Å². The van der Waals surface area contributed by atoms with Crippen LogP contribution in [0.15, 0.2) is 54.7 Å². The zero-order valence-corrected chi connectivity index (χ0v) is 28.7. The van der Waals surface area contributed by atoms with Crippen LogP contribution in [0.2, 0.25) is 0 Å². The van der Waals surface area contributed by atoms with Crippen molar-refractivity contribution < 1.29 is 19.1 Å². The van der Waals surface area contributed by atoms with Gasteiger partial charge in [-0.15, -0.1) is 12.4 Å². The van der Waals surface area contributed by atoms with Crippen molar-refractivity contribution in [2.45, 2.75) is 70.1 Å². The number of aromatic nitrogens is 1. The molecule has 12 heteroatoms. The summed E-state index contributed by atoms with van der Waals surface area (Å²) in [5.41, 5.74) is 3.55. The SMILES string of the molecule is CNC(=O)c1cc(C(C)(C)C)cc(NC(=O)NC2CCC(Oc3ccc(=N)n(C(=N)[C@@H]4CCCN4C)c3)c3ccccc32)c1OC.Cl. The predicted octanol–water partition coefficient (Wildman–Crippen LogP) is 5.75. The summed E-state index contributed by atoms with van der Waals surface area (Å²) < 4.78 is 13.7. The van der Waals surface area contributed by atoms with E-state index in [1.807, 2.05) is 58.2 Å². The van der Waals surface area contributed by atoms with Crippen molar-refractivity contribution in [2.75, 3.05) is 33.1 Å². The summed E-state index contributed by atoms with van der Waals surface area (Å²) in [5.74, 6) is 0.956. The van der Waals surface area contributed by atoms with E-state index < -0.39 is 6.03 Å². The Labute approximate surface area is 282 Å². The van der Waals surface area contributed by atoms with Crippen LogP contribution in [-0.4, -0.2) is 61.0 Å². The number of carbonyl (C=O) groups excluding carboxylic acids is 2. The smallest absolute Gasteiger partial charge is 0.319 e. The second-order valence-corrected chi connectivity index (χ2v) is 13.0. The Morgan fingerprint density at radius 2 is 1.74 bits per heavy atom. The lowest BCUT2D eigenvalue weighted by atomic mass is 9.85. The molecule has 1 fully saturated rings. The normalized spacial score (nSPS) is 19.1. The highest BCUT2D eigenvalue weighted by Gasteiger charge is 2.31. The van der Waals surface area contributed by atoms with Crippen LogP contribution in [0.1, 0.15) is 85.6 Å². The molecular formula is C35H46ClN7O4. The summed E-state index contributed by atoms with van der Waals surface area (Å²) in [4.78, 5) is 28.3. The van der Waals surface area contributed by atoms with Crippen molar-refractivity contribution in [3.8, 4) is 11.5 Å². The molecule has 1 aliphatic carbocycles. The third kappa shape index (κ3) is 7.63. The molecule has 11 nitrogen and oxygen atoms in total. The number of amides is 3. The minimum Gasteiger partial charge on any atom is -0.494 e. The number of anilines is 1. The third-order valence-corrected chi connectivity index (χ3v) is 8.92. The molecule has 3 atom stereocenters. The molecule has 0 radical (unpaired) electrons. The number of hydrogen-bond acceptors (Lipinski definition) is 7. The van der Waals surface area contributed by atoms with Crippen molar-refractivity contribution in [3.05, 3.63) is 82.5 Å². The Morgan fingerprint density at radius 1 is 1.02 bits per heavy atom. The number of pyridine rings is 1. The van der Waals surface area contributed by atoms with Gasteiger partial charge in [-0.3, -0.25) is 25.1 Å². The highest BCUT2D eigenvalue weighted by Crippen LogP contribution is 2.39. The molecule has 3 amide bonds. The number of hydrogen-bond donors (Lipinski definition) is 5. The minimum absolute atomic E-state index is 0. The molecule has 252 valence electrons. The van der Waals surface area contributed by atoms with Crippen molar-refractivity contribution in [1.82, 2.24) is 20.1 Å². The van der Waals surface area contributed by atoms with E-state index in [9.17, 15) is 9.59 Å². The molecule has 5 N–H and O–H groups in total. The first-order chi connectivity index (χ1) is 21.9. The number of carbonyl (C=O) groups is 2. The topological polar surface area (TPSA) is 145 Å². The summed E-state index contributed by atoms with van der Waals surface area (Å²) in [6.45, 7) is 7.08. The van der Waals surface area contributed by atoms with Gasteiger partial charge in [-0.1, -0.05) is 45.0 Å². The number of likely N-dealkylation sites (N-methyl/N-ethyl adjacent to an activating group) is 1. The van der Waals surface area contributed by atoms with E-state index in [0.717, 1.165) is 36.1 Å². The maximum atomic E-state index is 13.5. The average molecular weight is 664 g/mol. The quantitative estimate of drug-likeness (QED) is 0.161. The molecule has 3 aromatic rings. The van der Waals surface area contributed by atoms with Crippen LogP contribution >= 0.6 is 12.4 Å². The molecule has 0 saturated carbocycles. The van der Waals surface area contributed by atoms with Gasteiger partial charge < -0.3 is 25.4 Å². The standard InChI is InChI=1S/C35H45N7O4.ClH/c1-35(2,3)21-18-25(33(43)38-4)31(45-6)27(19-21)40-34(44)39-26-14-15-29(24-11-8-7-10-23(24)26)46-22-13-16-30(36)42(20-22)32(37)28-12-9-17-41(28)5;/h7-8,10-11,13,16,18-20,26,28-29,36-37H,9,12,14-15,17H2,1-6H3,(H,38,43)(H2,39,40,44);1H/t26?,28-,29?;/m0./s1. The molecule has 2 unspecified atom stereocenters. The summed E-state index contributed by atoms with van der Waals surface area (Å²) in [6, 6.07) is 14.3. The number of nitrogens with one attached hydrogen (secondary N) is 5. The zero-order valence-electron chi connectivity index (χ0n) is 27.9. The molecule has 1 aliphatic heterocycles. The fourth-order valence-corrected chi connectivity index (χ4v) is 6.35. The lowest BCUT2D eigenvalue weighted by Gasteiger charge is -2.32. The summed E-state index contributed by atoms with van der Waals surface area (Å²) >= 11 is 0. The van der Waals surface area contributed by atoms with Crippen LogP contribution in [-0.2, 0) is 5.41 Å². The van der Waals surface area contributed by atoms with E-state index >= 15 is 0 Å². The van der Waals surface area contributed by atoms with Crippen LogP contribution < -0.4 is 30.9 Å². The second kappa shape index (κ2) is 14.6. The van der Waals surface area contributed by atoms with E-state index in [0.29, 0.717) is 41.4 Å². The highest BCUT2D eigenvalue weighted by molar-refractivity contribution is 6.01. The number of nitrogens with zero attached hydrogens (tertiary/aromatic N) is 2. The Morgan fingerprint density at radius 3 is 2.38 bits per heavy atom. The fourth-order valence-electron chi connectivity index (χ4n) is 6.35. The zero-order chi connectivity index (χ0) is 33.2. The second-order valence-electron chi connectivity index (χ2n) is 13.0. The Bertz CT molecular complexity index is 1700. The maximum absolute atomic E-state index is 13.5. The lowest BCUT2D eigenvalue weighted by Crippen LogP contribution is -2.40. The third-order valence-electron chi connectivity index (χ3n) is 8.92. The van der Waals surface area contributed by atoms with Gasteiger partial charge in [-0.25, -0.2) is 4.79 Å². The van der Waals surface area contributed by atoms with E-state index in [1.54, 1.807) is 36.0 Å². The van der Waals surface area contributed by atoms with Gasteiger partial charge in [-0.2, -0.15) is 0 Å².